The molecular formula is C17H23ClN2OS. The fourth-order valence-electron chi connectivity index (χ4n) is 3.64. The van der Waals surface area contributed by atoms with Crippen LogP contribution in [0.25, 0.3) is 0 Å². The van der Waals surface area contributed by atoms with Crippen molar-refractivity contribution in [3.63, 3.8) is 0 Å². The van der Waals surface area contributed by atoms with Gasteiger partial charge in [0, 0.05) is 28.9 Å². The minimum absolute atomic E-state index is 0.174. The van der Waals surface area contributed by atoms with Crippen LogP contribution in [-0.2, 0) is 10.5 Å². The van der Waals surface area contributed by atoms with Gasteiger partial charge in [-0.05, 0) is 50.4 Å². The monoisotopic (exact) mass is 338 g/mol. The third-order valence-corrected chi connectivity index (χ3v) is 6.13. The molecule has 1 aromatic rings. The van der Waals surface area contributed by atoms with Crippen LogP contribution >= 0.6 is 23.4 Å². The zero-order valence-corrected chi connectivity index (χ0v) is 14.5. The van der Waals surface area contributed by atoms with Crippen molar-refractivity contribution >= 4 is 29.3 Å². The normalized spacial score (nSPS) is 27.8. The van der Waals surface area contributed by atoms with E-state index in [1.807, 2.05) is 24.3 Å². The number of piperidine rings is 1. The lowest BCUT2D eigenvalue weighted by atomic mass is 9.98. The molecule has 0 aliphatic carbocycles. The summed E-state index contributed by atoms with van der Waals surface area (Å²) < 4.78 is 0. The number of nitrogens with zero attached hydrogens (tertiary/aromatic N) is 1. The Kier molecular flexibility index (Phi) is 5.32. The van der Waals surface area contributed by atoms with Gasteiger partial charge in [-0.2, -0.15) is 0 Å². The summed E-state index contributed by atoms with van der Waals surface area (Å²) in [5.41, 5.74) is 1.21. The number of hydrogen-bond acceptors (Lipinski definition) is 3. The minimum Gasteiger partial charge on any atom is -0.353 e. The molecule has 1 amide bonds. The van der Waals surface area contributed by atoms with E-state index in [1.54, 1.807) is 11.8 Å². The molecule has 2 atom stereocenters. The largest absolute Gasteiger partial charge is 0.353 e. The second kappa shape index (κ2) is 7.24. The molecule has 0 spiro atoms. The van der Waals surface area contributed by atoms with Gasteiger partial charge >= 0.3 is 0 Å². The van der Waals surface area contributed by atoms with Gasteiger partial charge in [0.25, 0.3) is 0 Å². The number of carbonyl (C=O) groups excluding carboxylic acids is 1. The van der Waals surface area contributed by atoms with E-state index in [9.17, 15) is 4.79 Å². The van der Waals surface area contributed by atoms with Gasteiger partial charge in [0.1, 0.15) is 0 Å². The van der Waals surface area contributed by atoms with Gasteiger partial charge in [0.05, 0.1) is 5.75 Å². The molecular weight excluding hydrogens is 316 g/mol. The van der Waals surface area contributed by atoms with Crippen molar-refractivity contribution in [1.29, 1.82) is 0 Å². The van der Waals surface area contributed by atoms with E-state index < -0.39 is 0 Å². The van der Waals surface area contributed by atoms with Crippen LogP contribution in [0.5, 0.6) is 0 Å². The van der Waals surface area contributed by atoms with E-state index >= 15 is 0 Å². The summed E-state index contributed by atoms with van der Waals surface area (Å²) in [4.78, 5) is 14.6. The van der Waals surface area contributed by atoms with Crippen LogP contribution in [0.1, 0.15) is 31.2 Å². The molecule has 2 saturated heterocycles. The maximum absolute atomic E-state index is 12.1. The average Bonchev–Trinajstić information content (AvgIpc) is 2.72. The van der Waals surface area contributed by atoms with Crippen LogP contribution in [0.2, 0.25) is 5.02 Å². The summed E-state index contributed by atoms with van der Waals surface area (Å²) in [5, 5.41) is 3.98. The van der Waals surface area contributed by atoms with E-state index in [4.69, 9.17) is 11.6 Å². The highest BCUT2D eigenvalue weighted by molar-refractivity contribution is 7.99. The summed E-state index contributed by atoms with van der Waals surface area (Å²) in [7, 11) is 2.22. The van der Waals surface area contributed by atoms with Crippen molar-refractivity contribution in [2.75, 3.05) is 12.8 Å². The molecule has 0 saturated carbocycles. The average molecular weight is 339 g/mol. The van der Waals surface area contributed by atoms with E-state index in [0.717, 1.165) is 23.6 Å². The summed E-state index contributed by atoms with van der Waals surface area (Å²) in [6.07, 6.45) is 4.80. The number of halogens is 1. The van der Waals surface area contributed by atoms with Gasteiger partial charge in [0.15, 0.2) is 0 Å². The standard InChI is InChI=1S/C17H23ClN2OS/c1-20-15-6-7-16(20)9-14(8-15)19-17(21)11-22-10-12-2-4-13(18)5-3-12/h2-5,14-16H,6-11H2,1H3,(H,19,21)/t15-,16-/m1/s1. The van der Waals surface area contributed by atoms with Crippen LogP contribution in [0.4, 0.5) is 0 Å². The zero-order valence-electron chi connectivity index (χ0n) is 12.9. The third-order valence-electron chi connectivity index (χ3n) is 4.88. The minimum atomic E-state index is 0.174. The molecule has 0 aromatic heterocycles. The van der Waals surface area contributed by atoms with Crippen LogP contribution in [0.3, 0.4) is 0 Å². The first kappa shape index (κ1) is 16.2. The first-order valence-corrected chi connectivity index (χ1v) is 9.48. The first-order valence-electron chi connectivity index (χ1n) is 7.95. The van der Waals surface area contributed by atoms with Gasteiger partial charge in [-0.1, -0.05) is 23.7 Å². The molecule has 2 aliphatic rings. The lowest BCUT2D eigenvalue weighted by molar-refractivity contribution is -0.119. The fourth-order valence-corrected chi connectivity index (χ4v) is 4.57. The SMILES string of the molecule is CN1[C@@H]2CC[C@@H]1CC(NC(=O)CSCc1ccc(Cl)cc1)C2. The predicted octanol–water partition coefficient (Wildman–Crippen LogP) is 3.31. The maximum atomic E-state index is 12.1. The highest BCUT2D eigenvalue weighted by atomic mass is 35.5. The quantitative estimate of drug-likeness (QED) is 0.894. The summed E-state index contributed by atoms with van der Waals surface area (Å²) >= 11 is 7.53. The highest BCUT2D eigenvalue weighted by Gasteiger charge is 2.38. The van der Waals surface area contributed by atoms with Crippen LogP contribution < -0.4 is 5.32 Å². The second-order valence-electron chi connectivity index (χ2n) is 6.41. The fraction of sp³-hybridized carbons (Fsp3) is 0.588. The van der Waals surface area contributed by atoms with Crippen molar-refractivity contribution < 1.29 is 4.79 Å². The Bertz CT molecular complexity index is 508. The lowest BCUT2D eigenvalue weighted by Gasteiger charge is -2.36. The molecule has 1 N–H and O–H groups in total. The number of nitrogens with one attached hydrogen (secondary N) is 1. The molecule has 1 aromatic carbocycles. The van der Waals surface area contributed by atoms with E-state index in [0.29, 0.717) is 23.9 Å². The van der Waals surface area contributed by atoms with Crippen LogP contribution in [0, 0.1) is 0 Å². The number of amides is 1. The van der Waals surface area contributed by atoms with Crippen molar-refractivity contribution in [2.45, 2.75) is 49.6 Å². The molecule has 0 radical (unpaired) electrons. The van der Waals surface area contributed by atoms with Gasteiger partial charge in [-0.25, -0.2) is 0 Å². The predicted molar refractivity (Wildman–Crippen MR) is 93.4 cm³/mol. The molecule has 120 valence electrons. The number of fused-ring (bicyclic) bond motifs is 2. The van der Waals surface area contributed by atoms with Gasteiger partial charge in [-0.15, -0.1) is 11.8 Å². The summed E-state index contributed by atoms with van der Waals surface area (Å²) in [6.45, 7) is 0. The zero-order chi connectivity index (χ0) is 15.5. The molecule has 3 rings (SSSR count). The van der Waals surface area contributed by atoms with Crippen LogP contribution in [0.15, 0.2) is 24.3 Å². The summed E-state index contributed by atoms with van der Waals surface area (Å²) in [6, 6.07) is 9.54. The third kappa shape index (κ3) is 3.98. The Morgan fingerprint density at radius 3 is 2.55 bits per heavy atom. The Morgan fingerprint density at radius 1 is 1.27 bits per heavy atom. The molecule has 2 bridgehead atoms. The van der Waals surface area contributed by atoms with Gasteiger partial charge < -0.3 is 10.2 Å². The molecule has 2 fully saturated rings. The molecule has 0 unspecified atom stereocenters. The molecule has 5 heteroatoms. The molecule has 22 heavy (non-hydrogen) atoms. The first-order chi connectivity index (χ1) is 10.6. The highest BCUT2D eigenvalue weighted by Crippen LogP contribution is 2.34. The van der Waals surface area contributed by atoms with Crippen molar-refractivity contribution in [2.24, 2.45) is 0 Å². The van der Waals surface area contributed by atoms with E-state index in [-0.39, 0.29) is 5.91 Å². The van der Waals surface area contributed by atoms with E-state index in [2.05, 4.69) is 17.3 Å². The molecule has 2 heterocycles. The Morgan fingerprint density at radius 2 is 1.91 bits per heavy atom. The smallest absolute Gasteiger partial charge is 0.230 e. The number of benzene rings is 1. The number of rotatable bonds is 5. The number of thioether (sulfide) groups is 1. The van der Waals surface area contributed by atoms with Crippen molar-refractivity contribution in [3.05, 3.63) is 34.9 Å². The number of carbonyl (C=O) groups is 1. The van der Waals surface area contributed by atoms with Crippen molar-refractivity contribution in [3.8, 4) is 0 Å². The second-order valence-corrected chi connectivity index (χ2v) is 7.83. The Labute approximate surface area is 141 Å². The van der Waals surface area contributed by atoms with E-state index in [1.165, 1.54) is 18.4 Å². The Balaban J connectivity index is 1.39. The maximum Gasteiger partial charge on any atom is 0.230 e. The van der Waals surface area contributed by atoms with Gasteiger partial charge in [0.2, 0.25) is 5.91 Å². The van der Waals surface area contributed by atoms with Crippen molar-refractivity contribution in [1.82, 2.24) is 10.2 Å². The van der Waals surface area contributed by atoms with Crippen LogP contribution in [-0.4, -0.2) is 41.7 Å². The lowest BCUT2D eigenvalue weighted by Crippen LogP contribution is -2.49. The van der Waals surface area contributed by atoms with Gasteiger partial charge in [-0.3, -0.25) is 4.79 Å². The topological polar surface area (TPSA) is 32.3 Å². The Hall–Kier alpha value is -0.710. The molecule has 3 nitrogen and oxygen atoms in total. The molecule has 2 aliphatic heterocycles. The summed E-state index contributed by atoms with van der Waals surface area (Å²) in [5.74, 6) is 1.56. The number of hydrogen-bond donors (Lipinski definition) is 1.